The number of benzene rings is 1. The fourth-order valence-electron chi connectivity index (χ4n) is 1.18. The molecule has 0 aliphatic carbocycles. The molecule has 1 aromatic carbocycles. The van der Waals surface area contributed by atoms with E-state index >= 15 is 0 Å². The van der Waals surface area contributed by atoms with Crippen LogP contribution >= 0.6 is 22.6 Å². The maximum absolute atomic E-state index is 10.6. The number of halogens is 1. The first-order valence-corrected chi connectivity index (χ1v) is 5.15. The van der Waals surface area contributed by atoms with Gasteiger partial charge in [-0.15, -0.1) is 0 Å². The Bertz CT molecular complexity index is 450. The third-order valence-electron chi connectivity index (χ3n) is 1.84. The first kappa shape index (κ1) is 9.39. The molecule has 3 nitrogen and oxygen atoms in total. The molecule has 0 amide bonds. The smallest absolute Gasteiger partial charge is 0.171 e. The van der Waals surface area contributed by atoms with E-state index in [0.717, 1.165) is 21.4 Å². The van der Waals surface area contributed by atoms with Crippen molar-refractivity contribution in [1.29, 1.82) is 0 Å². The molecule has 70 valence electrons. The van der Waals surface area contributed by atoms with Crippen LogP contribution in [0.2, 0.25) is 0 Å². The summed E-state index contributed by atoms with van der Waals surface area (Å²) in [7, 11) is 0. The van der Waals surface area contributed by atoms with Crippen molar-refractivity contribution in [2.75, 3.05) is 0 Å². The van der Waals surface area contributed by atoms with Crippen LogP contribution in [0.25, 0.3) is 11.4 Å². The number of nitrogens with zero attached hydrogens (tertiary/aromatic N) is 1. The molecule has 1 aromatic heterocycles. The lowest BCUT2D eigenvalue weighted by atomic mass is 10.2. The lowest BCUT2D eigenvalue weighted by molar-refractivity contribution is 0.111. The fourth-order valence-corrected chi connectivity index (χ4v) is 1.68. The van der Waals surface area contributed by atoms with Gasteiger partial charge in [0.25, 0.3) is 0 Å². The molecule has 2 aromatic rings. The lowest BCUT2D eigenvalue weighted by Gasteiger charge is -1.93. The van der Waals surface area contributed by atoms with E-state index in [2.05, 4.69) is 32.6 Å². The van der Waals surface area contributed by atoms with Gasteiger partial charge in [0.05, 0.1) is 0 Å². The van der Waals surface area contributed by atoms with Gasteiger partial charge in [0, 0.05) is 5.56 Å². The van der Waals surface area contributed by atoms with Gasteiger partial charge in [-0.1, -0.05) is 30.3 Å². The number of rotatable bonds is 2. The highest BCUT2D eigenvalue weighted by Gasteiger charge is 2.07. The number of carbonyl (C=O) groups excluding carboxylic acids is 1. The van der Waals surface area contributed by atoms with Crippen molar-refractivity contribution in [2.24, 2.45) is 0 Å². The maximum Gasteiger partial charge on any atom is 0.171 e. The second-order valence-electron chi connectivity index (χ2n) is 2.77. The Morgan fingerprint density at radius 3 is 2.57 bits per heavy atom. The zero-order chi connectivity index (χ0) is 9.97. The van der Waals surface area contributed by atoms with Gasteiger partial charge in [0.15, 0.2) is 6.29 Å². The number of aromatic amines is 1. The summed E-state index contributed by atoms with van der Waals surface area (Å²) in [5.41, 5.74) is 1.45. The van der Waals surface area contributed by atoms with Crippen LogP contribution in [0.4, 0.5) is 0 Å². The molecule has 1 heterocycles. The Morgan fingerprint density at radius 1 is 1.29 bits per heavy atom. The number of carbonyl (C=O) groups is 1. The molecule has 0 fully saturated rings. The fraction of sp³-hybridized carbons (Fsp3) is 0. The van der Waals surface area contributed by atoms with Crippen LogP contribution in [0, 0.1) is 3.70 Å². The van der Waals surface area contributed by atoms with Gasteiger partial charge in [-0.25, -0.2) is 4.98 Å². The summed E-state index contributed by atoms with van der Waals surface area (Å²) in [6, 6.07) is 9.71. The van der Waals surface area contributed by atoms with Gasteiger partial charge in [0.1, 0.15) is 15.2 Å². The third-order valence-corrected chi connectivity index (χ3v) is 2.67. The summed E-state index contributed by atoms with van der Waals surface area (Å²) >= 11 is 2.06. The van der Waals surface area contributed by atoms with Gasteiger partial charge >= 0.3 is 0 Å². The van der Waals surface area contributed by atoms with Gasteiger partial charge in [0.2, 0.25) is 0 Å². The first-order chi connectivity index (χ1) is 6.81. The van der Waals surface area contributed by atoms with E-state index in [9.17, 15) is 4.79 Å². The summed E-state index contributed by atoms with van der Waals surface area (Å²) in [4.78, 5) is 17.8. The Labute approximate surface area is 94.7 Å². The normalized spacial score (nSPS) is 10.1. The minimum Gasteiger partial charge on any atom is -0.333 e. The zero-order valence-electron chi connectivity index (χ0n) is 7.20. The van der Waals surface area contributed by atoms with Crippen molar-refractivity contribution in [1.82, 2.24) is 9.97 Å². The maximum atomic E-state index is 10.6. The van der Waals surface area contributed by atoms with Crippen molar-refractivity contribution in [3.8, 4) is 11.4 Å². The molecular formula is C10H7IN2O. The highest BCUT2D eigenvalue weighted by atomic mass is 127. The summed E-state index contributed by atoms with van der Waals surface area (Å²) in [6.45, 7) is 0. The molecule has 0 atom stereocenters. The number of aromatic nitrogens is 2. The monoisotopic (exact) mass is 298 g/mol. The molecule has 0 spiro atoms. The number of nitrogens with one attached hydrogen (secondary N) is 1. The summed E-state index contributed by atoms with van der Waals surface area (Å²) < 4.78 is 0.774. The van der Waals surface area contributed by atoms with Gasteiger partial charge < -0.3 is 4.98 Å². The molecule has 0 saturated carbocycles. The largest absolute Gasteiger partial charge is 0.333 e. The zero-order valence-corrected chi connectivity index (χ0v) is 9.36. The predicted molar refractivity (Wildman–Crippen MR) is 62.1 cm³/mol. The first-order valence-electron chi connectivity index (χ1n) is 4.07. The van der Waals surface area contributed by atoms with Crippen molar-refractivity contribution >= 4 is 28.9 Å². The number of hydrogen-bond donors (Lipinski definition) is 1. The summed E-state index contributed by atoms with van der Waals surface area (Å²) in [6.07, 6.45) is 0.755. The SMILES string of the molecule is O=Cc1nc(-c2ccccc2)[nH]c1I. The van der Waals surface area contributed by atoms with E-state index in [1.165, 1.54) is 0 Å². The molecular weight excluding hydrogens is 291 g/mol. The predicted octanol–water partition coefficient (Wildman–Crippen LogP) is 2.49. The number of H-pyrrole nitrogens is 1. The molecule has 14 heavy (non-hydrogen) atoms. The minimum atomic E-state index is 0.462. The van der Waals surface area contributed by atoms with Crippen molar-refractivity contribution in [3.63, 3.8) is 0 Å². The molecule has 1 N–H and O–H groups in total. The topological polar surface area (TPSA) is 45.8 Å². The van der Waals surface area contributed by atoms with E-state index < -0.39 is 0 Å². The lowest BCUT2D eigenvalue weighted by Crippen LogP contribution is -1.81. The standard InChI is InChI=1S/C10H7IN2O/c11-9-8(6-14)12-10(13-9)7-4-2-1-3-5-7/h1-6H,(H,12,13). The summed E-state index contributed by atoms with van der Waals surface area (Å²) in [5.74, 6) is 0.733. The van der Waals surface area contributed by atoms with E-state index in [1.807, 2.05) is 30.3 Å². The van der Waals surface area contributed by atoms with Crippen LogP contribution in [-0.4, -0.2) is 16.3 Å². The van der Waals surface area contributed by atoms with Crippen molar-refractivity contribution < 1.29 is 4.79 Å². The Morgan fingerprint density at radius 2 is 2.00 bits per heavy atom. The third kappa shape index (κ3) is 1.70. The minimum absolute atomic E-state index is 0.462. The van der Waals surface area contributed by atoms with E-state index in [-0.39, 0.29) is 0 Å². The molecule has 4 heteroatoms. The molecule has 0 aliphatic heterocycles. The Kier molecular flexibility index (Phi) is 2.62. The summed E-state index contributed by atoms with van der Waals surface area (Å²) in [5, 5.41) is 0. The van der Waals surface area contributed by atoms with Crippen LogP contribution < -0.4 is 0 Å². The molecule has 0 unspecified atom stereocenters. The van der Waals surface area contributed by atoms with Crippen LogP contribution in [0.3, 0.4) is 0 Å². The number of imidazole rings is 1. The van der Waals surface area contributed by atoms with Gasteiger partial charge in [-0.05, 0) is 22.6 Å². The molecule has 2 rings (SSSR count). The molecule has 0 bridgehead atoms. The average Bonchev–Trinajstić information content (AvgIpc) is 2.61. The molecule has 0 aliphatic rings. The van der Waals surface area contributed by atoms with Crippen LogP contribution in [-0.2, 0) is 0 Å². The van der Waals surface area contributed by atoms with Gasteiger partial charge in [-0.2, -0.15) is 0 Å². The second-order valence-corrected chi connectivity index (χ2v) is 3.85. The highest BCUT2D eigenvalue weighted by Crippen LogP contribution is 2.17. The molecule has 0 saturated heterocycles. The van der Waals surface area contributed by atoms with Crippen LogP contribution in [0.15, 0.2) is 30.3 Å². The van der Waals surface area contributed by atoms with E-state index in [4.69, 9.17) is 0 Å². The number of hydrogen-bond acceptors (Lipinski definition) is 2. The van der Waals surface area contributed by atoms with Crippen molar-refractivity contribution in [2.45, 2.75) is 0 Å². The molecule has 0 radical (unpaired) electrons. The Hall–Kier alpha value is -1.17. The average molecular weight is 298 g/mol. The quantitative estimate of drug-likeness (QED) is 0.684. The van der Waals surface area contributed by atoms with E-state index in [0.29, 0.717) is 5.69 Å². The van der Waals surface area contributed by atoms with Crippen molar-refractivity contribution in [3.05, 3.63) is 39.7 Å². The highest BCUT2D eigenvalue weighted by molar-refractivity contribution is 14.1. The number of aldehydes is 1. The Balaban J connectivity index is 2.48. The second kappa shape index (κ2) is 3.91. The van der Waals surface area contributed by atoms with E-state index in [1.54, 1.807) is 0 Å². The van der Waals surface area contributed by atoms with Gasteiger partial charge in [-0.3, -0.25) is 4.79 Å². The van der Waals surface area contributed by atoms with Crippen LogP contribution in [0.1, 0.15) is 10.5 Å². The van der Waals surface area contributed by atoms with Crippen LogP contribution in [0.5, 0.6) is 0 Å².